The molecule has 1 amide bonds. The highest BCUT2D eigenvalue weighted by molar-refractivity contribution is 5.81. The van der Waals surface area contributed by atoms with Crippen molar-refractivity contribution in [3.63, 3.8) is 0 Å². The van der Waals surface area contributed by atoms with E-state index in [1.54, 1.807) is 14.0 Å². The fourth-order valence-corrected chi connectivity index (χ4v) is 3.17. The molecule has 0 spiro atoms. The average Bonchev–Trinajstić information content (AvgIpc) is 2.66. The molecule has 0 aliphatic carbocycles. The molecule has 2 rings (SSSR count). The van der Waals surface area contributed by atoms with Crippen molar-refractivity contribution in [2.75, 3.05) is 7.11 Å². The fourth-order valence-electron chi connectivity index (χ4n) is 3.17. The number of hydrogen-bond acceptors (Lipinski definition) is 3. The van der Waals surface area contributed by atoms with Gasteiger partial charge < -0.3 is 14.8 Å². The standard InChI is InChI=1S/C25H35NO3/c1-17(2)16-23(19-8-12-21(28-7)13-9-19)26-24(27)18(3)29-22-14-10-20(11-15-22)25(4,5)6/h8-15,17-18,23H,16H2,1-7H3,(H,26,27)/t18-,23-/m1/s1. The van der Waals surface area contributed by atoms with Crippen LogP contribution >= 0.6 is 0 Å². The van der Waals surface area contributed by atoms with Crippen molar-refractivity contribution in [3.05, 3.63) is 59.7 Å². The van der Waals surface area contributed by atoms with Gasteiger partial charge in [-0.05, 0) is 60.1 Å². The number of rotatable bonds is 8. The molecule has 0 heterocycles. The van der Waals surface area contributed by atoms with Gasteiger partial charge >= 0.3 is 0 Å². The predicted octanol–water partition coefficient (Wildman–Crippen LogP) is 5.66. The summed E-state index contributed by atoms with van der Waals surface area (Å²) in [7, 11) is 1.65. The Labute approximate surface area is 175 Å². The second-order valence-electron chi connectivity index (χ2n) is 9.00. The molecule has 29 heavy (non-hydrogen) atoms. The molecule has 0 saturated carbocycles. The molecule has 0 radical (unpaired) electrons. The molecule has 2 aromatic carbocycles. The zero-order chi connectivity index (χ0) is 21.6. The van der Waals surface area contributed by atoms with Crippen molar-refractivity contribution >= 4 is 5.91 Å². The summed E-state index contributed by atoms with van der Waals surface area (Å²) in [6.45, 7) is 12.6. The summed E-state index contributed by atoms with van der Waals surface area (Å²) in [6.07, 6.45) is 0.272. The maximum Gasteiger partial charge on any atom is 0.261 e. The van der Waals surface area contributed by atoms with E-state index in [0.717, 1.165) is 17.7 Å². The van der Waals surface area contributed by atoms with Crippen LogP contribution in [0.4, 0.5) is 0 Å². The van der Waals surface area contributed by atoms with Gasteiger partial charge in [-0.3, -0.25) is 4.79 Å². The average molecular weight is 398 g/mol. The maximum atomic E-state index is 12.8. The molecule has 0 aliphatic rings. The van der Waals surface area contributed by atoms with Gasteiger partial charge in [0, 0.05) is 0 Å². The monoisotopic (exact) mass is 397 g/mol. The summed E-state index contributed by atoms with van der Waals surface area (Å²) in [6, 6.07) is 15.8. The zero-order valence-corrected chi connectivity index (χ0v) is 18.8. The van der Waals surface area contributed by atoms with Gasteiger partial charge in [0.25, 0.3) is 5.91 Å². The van der Waals surface area contributed by atoms with E-state index in [4.69, 9.17) is 9.47 Å². The summed E-state index contributed by atoms with van der Waals surface area (Å²) in [4.78, 5) is 12.8. The molecule has 158 valence electrons. The van der Waals surface area contributed by atoms with E-state index in [1.807, 2.05) is 36.4 Å². The van der Waals surface area contributed by atoms with E-state index < -0.39 is 6.10 Å². The van der Waals surface area contributed by atoms with Crippen molar-refractivity contribution in [2.24, 2.45) is 5.92 Å². The number of amides is 1. The maximum absolute atomic E-state index is 12.8. The Kier molecular flexibility index (Phi) is 7.72. The lowest BCUT2D eigenvalue weighted by molar-refractivity contribution is -0.128. The van der Waals surface area contributed by atoms with Gasteiger partial charge in [0.2, 0.25) is 0 Å². The molecule has 0 aliphatic heterocycles. The van der Waals surface area contributed by atoms with Crippen LogP contribution in [0, 0.1) is 5.92 Å². The van der Waals surface area contributed by atoms with Gasteiger partial charge in [-0.25, -0.2) is 0 Å². The van der Waals surface area contributed by atoms with Crippen molar-refractivity contribution in [3.8, 4) is 11.5 Å². The third kappa shape index (κ3) is 6.81. The van der Waals surface area contributed by atoms with E-state index in [9.17, 15) is 4.79 Å². The molecule has 4 nitrogen and oxygen atoms in total. The van der Waals surface area contributed by atoms with Gasteiger partial charge in [-0.1, -0.05) is 58.9 Å². The Morgan fingerprint density at radius 1 is 0.931 bits per heavy atom. The lowest BCUT2D eigenvalue weighted by atomic mass is 9.87. The van der Waals surface area contributed by atoms with Crippen molar-refractivity contribution in [2.45, 2.75) is 65.5 Å². The first-order valence-corrected chi connectivity index (χ1v) is 10.3. The van der Waals surface area contributed by atoms with E-state index >= 15 is 0 Å². The third-order valence-electron chi connectivity index (χ3n) is 4.94. The number of carbonyl (C=O) groups excluding carboxylic acids is 1. The first-order valence-electron chi connectivity index (χ1n) is 10.3. The first-order chi connectivity index (χ1) is 13.6. The normalized spacial score (nSPS) is 13.7. The Morgan fingerprint density at radius 2 is 1.48 bits per heavy atom. The molecule has 2 aromatic rings. The smallest absolute Gasteiger partial charge is 0.261 e. The minimum absolute atomic E-state index is 0.0669. The van der Waals surface area contributed by atoms with Gasteiger partial charge in [0.15, 0.2) is 6.10 Å². The zero-order valence-electron chi connectivity index (χ0n) is 18.8. The number of ether oxygens (including phenoxy) is 2. The van der Waals surface area contributed by atoms with Crippen LogP contribution in [0.2, 0.25) is 0 Å². The molecule has 2 atom stereocenters. The lowest BCUT2D eigenvalue weighted by Crippen LogP contribution is -2.39. The number of hydrogen-bond donors (Lipinski definition) is 1. The van der Waals surface area contributed by atoms with Gasteiger partial charge in [0.1, 0.15) is 11.5 Å². The number of methoxy groups -OCH3 is 1. The minimum atomic E-state index is -0.580. The van der Waals surface area contributed by atoms with Crippen LogP contribution in [0.15, 0.2) is 48.5 Å². The van der Waals surface area contributed by atoms with Crippen LogP contribution in [-0.2, 0) is 10.2 Å². The van der Waals surface area contributed by atoms with E-state index in [2.05, 4.69) is 52.1 Å². The summed E-state index contributed by atoms with van der Waals surface area (Å²) in [5.41, 5.74) is 2.39. The molecule has 0 saturated heterocycles. The molecule has 0 fully saturated rings. The molecule has 1 N–H and O–H groups in total. The lowest BCUT2D eigenvalue weighted by Gasteiger charge is -2.24. The van der Waals surface area contributed by atoms with Crippen LogP contribution in [0.5, 0.6) is 11.5 Å². The van der Waals surface area contributed by atoms with Gasteiger partial charge in [-0.15, -0.1) is 0 Å². The molecular formula is C25H35NO3. The Bertz CT molecular complexity index is 773. The summed E-state index contributed by atoms with van der Waals surface area (Å²) < 4.78 is 11.1. The molecular weight excluding hydrogens is 362 g/mol. The largest absolute Gasteiger partial charge is 0.497 e. The highest BCUT2D eigenvalue weighted by Crippen LogP contribution is 2.26. The SMILES string of the molecule is COc1ccc([C@@H](CC(C)C)NC(=O)[C@@H](C)Oc2ccc(C(C)(C)C)cc2)cc1. The number of benzene rings is 2. The second-order valence-corrected chi connectivity index (χ2v) is 9.00. The van der Waals surface area contributed by atoms with E-state index in [0.29, 0.717) is 11.7 Å². The molecule has 0 aromatic heterocycles. The second kappa shape index (κ2) is 9.82. The topological polar surface area (TPSA) is 47.6 Å². The van der Waals surface area contributed by atoms with Crippen LogP contribution < -0.4 is 14.8 Å². The van der Waals surface area contributed by atoms with Crippen LogP contribution in [-0.4, -0.2) is 19.1 Å². The summed E-state index contributed by atoms with van der Waals surface area (Å²) in [5, 5.41) is 3.15. The summed E-state index contributed by atoms with van der Waals surface area (Å²) >= 11 is 0. The Balaban J connectivity index is 2.05. The quantitative estimate of drug-likeness (QED) is 0.625. The Morgan fingerprint density at radius 3 is 1.97 bits per heavy atom. The van der Waals surface area contributed by atoms with Gasteiger partial charge in [-0.2, -0.15) is 0 Å². The molecule has 0 unspecified atom stereocenters. The Hall–Kier alpha value is -2.49. The van der Waals surface area contributed by atoms with Crippen LogP contribution in [0.25, 0.3) is 0 Å². The van der Waals surface area contributed by atoms with Crippen molar-refractivity contribution in [1.29, 1.82) is 0 Å². The highest BCUT2D eigenvalue weighted by atomic mass is 16.5. The minimum Gasteiger partial charge on any atom is -0.497 e. The van der Waals surface area contributed by atoms with E-state index in [-0.39, 0.29) is 17.4 Å². The molecule has 0 bridgehead atoms. The number of carbonyl (C=O) groups is 1. The predicted molar refractivity (Wildman–Crippen MR) is 119 cm³/mol. The van der Waals surface area contributed by atoms with Gasteiger partial charge in [0.05, 0.1) is 13.2 Å². The van der Waals surface area contributed by atoms with Crippen LogP contribution in [0.3, 0.4) is 0 Å². The summed E-state index contributed by atoms with van der Waals surface area (Å²) in [5.74, 6) is 1.83. The number of nitrogens with one attached hydrogen (secondary N) is 1. The highest BCUT2D eigenvalue weighted by Gasteiger charge is 2.22. The fraction of sp³-hybridized carbons (Fsp3) is 0.480. The van der Waals surface area contributed by atoms with Crippen molar-refractivity contribution < 1.29 is 14.3 Å². The van der Waals surface area contributed by atoms with Crippen molar-refractivity contribution in [1.82, 2.24) is 5.32 Å². The third-order valence-corrected chi connectivity index (χ3v) is 4.94. The van der Waals surface area contributed by atoms with E-state index in [1.165, 1.54) is 5.56 Å². The van der Waals surface area contributed by atoms with Crippen LogP contribution in [0.1, 0.15) is 65.1 Å². The molecule has 4 heteroatoms. The first kappa shape index (κ1) is 22.8.